The number of hydrogen-bond donors (Lipinski definition) is 2. The molecule has 0 spiro atoms. The summed E-state index contributed by atoms with van der Waals surface area (Å²) < 4.78 is 5.36. The van der Waals surface area contributed by atoms with Crippen molar-refractivity contribution >= 4 is 28.3 Å². The summed E-state index contributed by atoms with van der Waals surface area (Å²) in [5.74, 6) is -1.36. The zero-order valence-corrected chi connectivity index (χ0v) is 19.7. The topological polar surface area (TPSA) is 147 Å². The van der Waals surface area contributed by atoms with Crippen LogP contribution in [-0.2, 0) is 27.6 Å². The molecular weight excluding hydrogens is 476 g/mol. The predicted molar refractivity (Wildman–Crippen MR) is 136 cm³/mol. The van der Waals surface area contributed by atoms with Crippen molar-refractivity contribution in [2.45, 2.75) is 19.1 Å². The SMILES string of the molecule is NC[C@H](C(=O)Nc1ccc2cnccc2c1)c1ccc(COC(=O)c2cccc(CO[N+](=O)[O-])c2)cc1. The van der Waals surface area contributed by atoms with Crippen molar-refractivity contribution in [3.05, 3.63) is 118 Å². The maximum Gasteiger partial charge on any atom is 0.338 e. The van der Waals surface area contributed by atoms with E-state index in [4.69, 9.17) is 10.5 Å². The van der Waals surface area contributed by atoms with Crippen molar-refractivity contribution in [2.75, 3.05) is 11.9 Å². The molecule has 10 nitrogen and oxygen atoms in total. The zero-order valence-electron chi connectivity index (χ0n) is 19.7. The lowest BCUT2D eigenvalue weighted by Crippen LogP contribution is -2.27. The highest BCUT2D eigenvalue weighted by Crippen LogP contribution is 2.22. The van der Waals surface area contributed by atoms with E-state index < -0.39 is 17.0 Å². The van der Waals surface area contributed by atoms with Crippen molar-refractivity contribution in [1.82, 2.24) is 4.98 Å². The molecule has 0 radical (unpaired) electrons. The first-order chi connectivity index (χ1) is 17.9. The number of amides is 1. The van der Waals surface area contributed by atoms with Gasteiger partial charge in [-0.25, -0.2) is 4.79 Å². The molecule has 0 aliphatic rings. The number of nitrogens with zero attached hydrogens (tertiary/aromatic N) is 2. The van der Waals surface area contributed by atoms with Crippen LogP contribution in [0.25, 0.3) is 10.8 Å². The van der Waals surface area contributed by atoms with Gasteiger partial charge in [0.15, 0.2) is 0 Å². The maximum absolute atomic E-state index is 12.9. The second-order valence-electron chi connectivity index (χ2n) is 8.23. The second kappa shape index (κ2) is 11.7. The average molecular weight is 501 g/mol. The smallest absolute Gasteiger partial charge is 0.338 e. The second-order valence-corrected chi connectivity index (χ2v) is 8.23. The van der Waals surface area contributed by atoms with Gasteiger partial charge >= 0.3 is 5.97 Å². The van der Waals surface area contributed by atoms with E-state index in [9.17, 15) is 19.7 Å². The van der Waals surface area contributed by atoms with Crippen LogP contribution in [0.1, 0.15) is 33.0 Å². The van der Waals surface area contributed by atoms with Crippen LogP contribution < -0.4 is 11.1 Å². The molecule has 0 fully saturated rings. The molecule has 1 heterocycles. The van der Waals surface area contributed by atoms with Crippen LogP contribution in [0.5, 0.6) is 0 Å². The summed E-state index contributed by atoms with van der Waals surface area (Å²) in [4.78, 5) is 44.1. The fourth-order valence-electron chi connectivity index (χ4n) is 3.78. The Balaban J connectivity index is 1.35. The zero-order chi connectivity index (χ0) is 26.2. The van der Waals surface area contributed by atoms with Gasteiger partial charge in [-0.3, -0.25) is 9.78 Å². The molecule has 0 bridgehead atoms. The van der Waals surface area contributed by atoms with Gasteiger partial charge in [0, 0.05) is 30.0 Å². The van der Waals surface area contributed by atoms with E-state index in [1.807, 2.05) is 24.3 Å². The quantitative estimate of drug-likeness (QED) is 0.189. The fourth-order valence-corrected chi connectivity index (χ4v) is 3.78. The van der Waals surface area contributed by atoms with Crippen LogP contribution in [-0.4, -0.2) is 28.5 Å². The largest absolute Gasteiger partial charge is 0.457 e. The molecule has 0 saturated carbocycles. The molecule has 4 rings (SSSR count). The molecule has 3 aromatic carbocycles. The number of anilines is 1. The summed E-state index contributed by atoms with van der Waals surface area (Å²) in [6.07, 6.45) is 3.45. The molecule has 1 amide bonds. The van der Waals surface area contributed by atoms with E-state index in [0.717, 1.165) is 21.9 Å². The van der Waals surface area contributed by atoms with Crippen LogP contribution in [0.2, 0.25) is 0 Å². The number of pyridine rings is 1. The summed E-state index contributed by atoms with van der Waals surface area (Å²) in [5.41, 5.74) is 8.77. The number of carbonyl (C=O) groups is 2. The van der Waals surface area contributed by atoms with E-state index >= 15 is 0 Å². The third-order valence-electron chi connectivity index (χ3n) is 5.71. The van der Waals surface area contributed by atoms with Gasteiger partial charge in [-0.15, -0.1) is 10.1 Å². The number of nitrogens with two attached hydrogens (primary N) is 1. The van der Waals surface area contributed by atoms with Gasteiger partial charge in [-0.1, -0.05) is 42.5 Å². The van der Waals surface area contributed by atoms with Crippen LogP contribution in [0, 0.1) is 10.1 Å². The van der Waals surface area contributed by atoms with E-state index in [-0.39, 0.29) is 31.2 Å². The Morgan fingerprint density at radius 2 is 1.78 bits per heavy atom. The predicted octanol–water partition coefficient (Wildman–Crippen LogP) is 3.98. The third-order valence-corrected chi connectivity index (χ3v) is 5.71. The molecule has 0 aliphatic carbocycles. The Kier molecular flexibility index (Phi) is 8.01. The van der Waals surface area contributed by atoms with Crippen LogP contribution >= 0.6 is 0 Å². The van der Waals surface area contributed by atoms with Crippen molar-refractivity contribution < 1.29 is 24.3 Å². The normalized spacial score (nSPS) is 11.5. The summed E-state index contributed by atoms with van der Waals surface area (Å²) in [6.45, 7) is -0.127. The summed E-state index contributed by atoms with van der Waals surface area (Å²) in [6, 6.07) is 20.8. The van der Waals surface area contributed by atoms with E-state index in [2.05, 4.69) is 15.1 Å². The molecule has 1 aromatic heterocycles. The number of carbonyl (C=O) groups excluding carboxylic acids is 2. The number of ether oxygens (including phenoxy) is 1. The molecule has 10 heteroatoms. The van der Waals surface area contributed by atoms with Gasteiger partial charge in [0.1, 0.15) is 13.2 Å². The lowest BCUT2D eigenvalue weighted by Gasteiger charge is -2.16. The highest BCUT2D eigenvalue weighted by atomic mass is 16.9. The Bertz CT molecular complexity index is 1420. The van der Waals surface area contributed by atoms with Crippen molar-refractivity contribution in [3.8, 4) is 0 Å². The number of nitrogens with one attached hydrogen (secondary N) is 1. The number of hydrogen-bond acceptors (Lipinski definition) is 8. The molecule has 0 unspecified atom stereocenters. The molecule has 1 atom stereocenters. The lowest BCUT2D eigenvalue weighted by molar-refractivity contribution is -0.763. The van der Waals surface area contributed by atoms with Crippen LogP contribution in [0.4, 0.5) is 5.69 Å². The first-order valence-electron chi connectivity index (χ1n) is 11.4. The molecule has 3 N–H and O–H groups in total. The summed E-state index contributed by atoms with van der Waals surface area (Å²) in [5, 5.41) is 14.3. The maximum atomic E-state index is 12.9. The van der Waals surface area contributed by atoms with Gasteiger partial charge in [0.25, 0.3) is 5.09 Å². The van der Waals surface area contributed by atoms with Gasteiger partial charge in [0.05, 0.1) is 11.5 Å². The third kappa shape index (κ3) is 6.65. The number of rotatable bonds is 10. The summed E-state index contributed by atoms with van der Waals surface area (Å²) in [7, 11) is 0. The molecule has 0 saturated heterocycles. The van der Waals surface area contributed by atoms with Gasteiger partial charge in [-0.05, 0) is 52.4 Å². The Morgan fingerprint density at radius 3 is 2.54 bits per heavy atom. The van der Waals surface area contributed by atoms with Gasteiger partial charge < -0.3 is 20.6 Å². The number of esters is 1. The number of benzene rings is 3. The van der Waals surface area contributed by atoms with Crippen molar-refractivity contribution in [1.29, 1.82) is 0 Å². The van der Waals surface area contributed by atoms with Crippen molar-refractivity contribution in [3.63, 3.8) is 0 Å². The average Bonchev–Trinajstić information content (AvgIpc) is 2.91. The Labute approximate surface area is 212 Å². The Morgan fingerprint density at radius 1 is 0.973 bits per heavy atom. The number of fused-ring (bicyclic) bond motifs is 1. The van der Waals surface area contributed by atoms with E-state index in [0.29, 0.717) is 11.3 Å². The minimum absolute atomic E-state index is 0.0141. The van der Waals surface area contributed by atoms with E-state index in [1.54, 1.807) is 54.9 Å². The van der Waals surface area contributed by atoms with Crippen LogP contribution in [0.15, 0.2) is 85.2 Å². The lowest BCUT2D eigenvalue weighted by atomic mass is 9.97. The fraction of sp³-hybridized carbons (Fsp3) is 0.148. The molecular formula is C27H24N4O6. The highest BCUT2D eigenvalue weighted by Gasteiger charge is 2.19. The first-order valence-corrected chi connectivity index (χ1v) is 11.4. The minimum Gasteiger partial charge on any atom is -0.457 e. The molecule has 0 aliphatic heterocycles. The Hall–Kier alpha value is -4.83. The standard InChI is InChI=1S/C27H24N4O6/c28-14-25(26(32)30-24-9-8-23-15-29-11-10-21(23)13-24)20-6-4-18(5-7-20)16-36-27(33)22-3-1-2-19(12-22)17-37-31(34)35/h1-13,15,25H,14,16-17,28H2,(H,30,32)/t25-/m0/s1. The monoisotopic (exact) mass is 500 g/mol. The van der Waals surface area contributed by atoms with Gasteiger partial charge in [0.2, 0.25) is 5.91 Å². The first kappa shape index (κ1) is 25.3. The molecule has 4 aromatic rings. The molecule has 37 heavy (non-hydrogen) atoms. The van der Waals surface area contributed by atoms with E-state index in [1.165, 1.54) is 6.07 Å². The van der Waals surface area contributed by atoms with Crippen molar-refractivity contribution in [2.24, 2.45) is 5.73 Å². The van der Waals surface area contributed by atoms with Crippen LogP contribution in [0.3, 0.4) is 0 Å². The molecule has 188 valence electrons. The van der Waals surface area contributed by atoms with Gasteiger partial charge in [-0.2, -0.15) is 0 Å². The minimum atomic E-state index is -0.894. The highest BCUT2D eigenvalue weighted by molar-refractivity contribution is 5.98. The summed E-state index contributed by atoms with van der Waals surface area (Å²) >= 11 is 0. The number of aromatic nitrogens is 1.